The Morgan fingerprint density at radius 1 is 1.04 bits per heavy atom. The lowest BCUT2D eigenvalue weighted by Gasteiger charge is -2.13. The summed E-state index contributed by atoms with van der Waals surface area (Å²) in [7, 11) is -2.37. The minimum absolute atomic E-state index is 0.107. The van der Waals surface area contributed by atoms with Gasteiger partial charge in [0.1, 0.15) is 0 Å². The first-order chi connectivity index (χ1) is 13.4. The summed E-state index contributed by atoms with van der Waals surface area (Å²) in [5.74, 6) is 0. The Kier molecular flexibility index (Phi) is 5.56. The summed E-state index contributed by atoms with van der Waals surface area (Å²) in [6, 6.07) is 17.5. The van der Waals surface area contributed by atoms with E-state index in [1.54, 1.807) is 36.5 Å². The normalized spacial score (nSPS) is 11.4. The first-order valence-electron chi connectivity index (χ1n) is 8.89. The van der Waals surface area contributed by atoms with Crippen LogP contribution in [-0.4, -0.2) is 35.5 Å². The number of carboxylic acid groups (broad SMARTS) is 1. The van der Waals surface area contributed by atoms with E-state index in [1.807, 2.05) is 37.3 Å². The highest BCUT2D eigenvalue weighted by molar-refractivity contribution is 7.90. The van der Waals surface area contributed by atoms with Crippen LogP contribution in [-0.2, 0) is 23.0 Å². The van der Waals surface area contributed by atoms with Gasteiger partial charge in [-0.3, -0.25) is 0 Å². The van der Waals surface area contributed by atoms with E-state index in [-0.39, 0.29) is 11.4 Å². The molecule has 1 heterocycles. The molecule has 0 atom stereocenters. The number of carbonyl (C=O) groups is 1. The van der Waals surface area contributed by atoms with Gasteiger partial charge in [0.05, 0.1) is 17.1 Å². The Bertz CT molecular complexity index is 1070. The molecule has 0 spiro atoms. The number of hydrogen-bond donors (Lipinski definition) is 1. The molecular weight excluding hydrogens is 376 g/mol. The van der Waals surface area contributed by atoms with Gasteiger partial charge in [-0.2, -0.15) is 0 Å². The highest BCUT2D eigenvalue weighted by Crippen LogP contribution is 2.33. The van der Waals surface area contributed by atoms with Crippen LogP contribution in [0.1, 0.15) is 18.1 Å². The first-order valence-corrected chi connectivity index (χ1v) is 10.3. The molecule has 0 unspecified atom stereocenters. The topological polar surface area (TPSA) is 79.6 Å². The quantitative estimate of drug-likeness (QED) is 0.679. The van der Waals surface area contributed by atoms with E-state index < -0.39 is 16.1 Å². The average Bonchev–Trinajstić information content (AvgIpc) is 3.08. The maximum Gasteiger partial charge on any atom is 0.407 e. The van der Waals surface area contributed by atoms with E-state index in [0.717, 1.165) is 16.0 Å². The van der Waals surface area contributed by atoms with Crippen LogP contribution in [0.15, 0.2) is 71.8 Å². The Balaban J connectivity index is 2.26. The van der Waals surface area contributed by atoms with Gasteiger partial charge in [0.25, 0.3) is 10.0 Å². The number of benzene rings is 2. The first kappa shape index (κ1) is 19.7. The number of rotatable bonds is 6. The van der Waals surface area contributed by atoms with Gasteiger partial charge in [-0.05, 0) is 35.2 Å². The van der Waals surface area contributed by atoms with Gasteiger partial charge in [0.2, 0.25) is 0 Å². The van der Waals surface area contributed by atoms with Crippen LogP contribution < -0.4 is 0 Å². The lowest BCUT2D eigenvalue weighted by Crippen LogP contribution is -2.24. The Labute approximate surface area is 164 Å². The number of nitrogens with zero attached hydrogens (tertiary/aromatic N) is 2. The molecule has 0 radical (unpaired) electrons. The van der Waals surface area contributed by atoms with Gasteiger partial charge in [-0.25, -0.2) is 17.2 Å². The highest BCUT2D eigenvalue weighted by atomic mass is 32.2. The molecular formula is C21H22N2O4S. The zero-order valence-corrected chi connectivity index (χ0v) is 16.6. The molecule has 2 aromatic carbocycles. The van der Waals surface area contributed by atoms with Crippen LogP contribution in [0.3, 0.4) is 0 Å². The molecule has 28 heavy (non-hydrogen) atoms. The summed E-state index contributed by atoms with van der Waals surface area (Å²) in [6.07, 6.45) is 1.05. The predicted molar refractivity (Wildman–Crippen MR) is 108 cm³/mol. The zero-order chi connectivity index (χ0) is 20.3. The van der Waals surface area contributed by atoms with E-state index in [1.165, 1.54) is 11.0 Å². The van der Waals surface area contributed by atoms with E-state index >= 15 is 0 Å². The molecule has 3 rings (SSSR count). The molecule has 7 heteroatoms. The van der Waals surface area contributed by atoms with Crippen molar-refractivity contribution in [2.24, 2.45) is 0 Å². The van der Waals surface area contributed by atoms with Crippen LogP contribution in [0.2, 0.25) is 0 Å². The van der Waals surface area contributed by atoms with Crippen molar-refractivity contribution in [1.29, 1.82) is 0 Å². The third kappa shape index (κ3) is 3.66. The lowest BCUT2D eigenvalue weighted by atomic mass is 10.0. The van der Waals surface area contributed by atoms with Gasteiger partial charge >= 0.3 is 6.09 Å². The lowest BCUT2D eigenvalue weighted by molar-refractivity contribution is 0.153. The summed E-state index contributed by atoms with van der Waals surface area (Å²) in [6.45, 7) is 2.04. The summed E-state index contributed by atoms with van der Waals surface area (Å²) in [5.41, 5.74) is 2.83. The standard InChI is InChI=1S/C21H22N2O4S/c1-3-19-17(14-22(2)21(24)25)15-23(20(19)16-10-6-4-7-11-16)28(26,27)18-12-8-5-9-13-18/h4-13,15H,3,14H2,1-2H3,(H,24,25). The second kappa shape index (κ2) is 7.90. The number of aromatic nitrogens is 1. The summed E-state index contributed by atoms with van der Waals surface area (Å²) >= 11 is 0. The van der Waals surface area contributed by atoms with Crippen molar-refractivity contribution >= 4 is 16.1 Å². The van der Waals surface area contributed by atoms with E-state index in [2.05, 4.69) is 0 Å². The minimum atomic E-state index is -3.83. The van der Waals surface area contributed by atoms with Gasteiger partial charge in [-0.15, -0.1) is 0 Å². The van der Waals surface area contributed by atoms with Crippen LogP contribution in [0.5, 0.6) is 0 Å². The second-order valence-corrected chi connectivity index (χ2v) is 8.27. The molecule has 6 nitrogen and oxygen atoms in total. The molecule has 146 valence electrons. The van der Waals surface area contributed by atoms with E-state index in [0.29, 0.717) is 17.7 Å². The maximum absolute atomic E-state index is 13.4. The van der Waals surface area contributed by atoms with Crippen molar-refractivity contribution in [3.63, 3.8) is 0 Å². The van der Waals surface area contributed by atoms with Crippen molar-refractivity contribution in [3.8, 4) is 11.3 Å². The fourth-order valence-corrected chi connectivity index (χ4v) is 4.67. The summed E-state index contributed by atoms with van der Waals surface area (Å²) in [5, 5.41) is 9.24. The van der Waals surface area contributed by atoms with Gasteiger partial charge in [0.15, 0.2) is 0 Å². The number of amides is 1. The SMILES string of the molecule is CCc1c(CN(C)C(=O)O)cn(S(=O)(=O)c2ccccc2)c1-c1ccccc1. The molecule has 0 aliphatic carbocycles. The minimum Gasteiger partial charge on any atom is -0.465 e. The molecule has 1 amide bonds. The van der Waals surface area contributed by atoms with Crippen molar-refractivity contribution in [3.05, 3.63) is 78.0 Å². The third-order valence-corrected chi connectivity index (χ3v) is 6.28. The van der Waals surface area contributed by atoms with Gasteiger partial charge in [0, 0.05) is 13.2 Å². The molecule has 0 saturated carbocycles. The molecule has 0 aliphatic heterocycles. The molecule has 0 fully saturated rings. The summed E-state index contributed by atoms with van der Waals surface area (Å²) in [4.78, 5) is 12.6. The zero-order valence-electron chi connectivity index (χ0n) is 15.7. The second-order valence-electron chi connectivity index (χ2n) is 6.45. The molecule has 0 saturated heterocycles. The van der Waals surface area contributed by atoms with Crippen LogP contribution in [0, 0.1) is 0 Å². The Morgan fingerprint density at radius 2 is 1.61 bits per heavy atom. The third-order valence-electron chi connectivity index (χ3n) is 4.60. The Hall–Kier alpha value is -3.06. The molecule has 1 N–H and O–H groups in total. The van der Waals surface area contributed by atoms with Gasteiger partial charge in [-0.1, -0.05) is 55.5 Å². The van der Waals surface area contributed by atoms with Crippen LogP contribution in [0.4, 0.5) is 4.79 Å². The smallest absolute Gasteiger partial charge is 0.407 e. The highest BCUT2D eigenvalue weighted by Gasteiger charge is 2.26. The monoisotopic (exact) mass is 398 g/mol. The fourth-order valence-electron chi connectivity index (χ4n) is 3.22. The summed E-state index contributed by atoms with van der Waals surface area (Å²) < 4.78 is 28.0. The van der Waals surface area contributed by atoms with Crippen LogP contribution >= 0.6 is 0 Å². The van der Waals surface area contributed by atoms with Crippen molar-refractivity contribution in [2.75, 3.05) is 7.05 Å². The van der Waals surface area contributed by atoms with Gasteiger partial charge < -0.3 is 10.0 Å². The molecule has 1 aromatic heterocycles. The van der Waals surface area contributed by atoms with E-state index in [9.17, 15) is 18.3 Å². The number of hydrogen-bond acceptors (Lipinski definition) is 3. The van der Waals surface area contributed by atoms with E-state index in [4.69, 9.17) is 0 Å². The average molecular weight is 398 g/mol. The van der Waals surface area contributed by atoms with Crippen molar-refractivity contribution in [1.82, 2.24) is 8.87 Å². The molecule has 0 aliphatic rings. The van der Waals surface area contributed by atoms with Crippen LogP contribution in [0.25, 0.3) is 11.3 Å². The van der Waals surface area contributed by atoms with Crippen molar-refractivity contribution < 1.29 is 18.3 Å². The van der Waals surface area contributed by atoms with Crippen molar-refractivity contribution in [2.45, 2.75) is 24.8 Å². The largest absolute Gasteiger partial charge is 0.465 e. The molecule has 3 aromatic rings. The molecule has 0 bridgehead atoms. The maximum atomic E-state index is 13.4. The fraction of sp³-hybridized carbons (Fsp3) is 0.190. The predicted octanol–water partition coefficient (Wildman–Crippen LogP) is 4.06. The Morgan fingerprint density at radius 3 is 2.14 bits per heavy atom.